The molecule has 0 amide bonds. The maximum absolute atomic E-state index is 14.9. The second kappa shape index (κ2) is 21.3. The van der Waals surface area contributed by atoms with E-state index >= 15 is 0 Å². The number of anilines is 2. The molecule has 0 radical (unpaired) electrons. The molecule has 0 spiro atoms. The summed E-state index contributed by atoms with van der Waals surface area (Å²) in [4.78, 5) is 50.8. The van der Waals surface area contributed by atoms with Crippen molar-refractivity contribution >= 4 is 102 Å². The SMILES string of the molecule is CS(=O)(=O)CC(C(=O)C(CS(C)(=O)=O)N1CCN(Cc2cc3nc(-c4cccc5[nH]ncc45)nc(N4CCOCC4)c3s2)CC1)N1CCN(Cc2cc3nc(-c4cccc5[nH]ncc45)nc(N4CCOCC4)c3s2)CC1. The summed E-state index contributed by atoms with van der Waals surface area (Å²) in [5, 5.41) is 16.5. The summed E-state index contributed by atoms with van der Waals surface area (Å²) < 4.78 is 65.9. The number of piperazine rings is 2. The van der Waals surface area contributed by atoms with Crippen LogP contribution >= 0.6 is 22.7 Å². The number of hydrogen-bond acceptors (Lipinski definition) is 21. The highest BCUT2D eigenvalue weighted by Gasteiger charge is 2.40. The molecule has 6 aromatic heterocycles. The lowest BCUT2D eigenvalue weighted by Crippen LogP contribution is -2.61. The van der Waals surface area contributed by atoms with Crippen LogP contribution in [0.25, 0.3) is 65.0 Å². The Hall–Kier alpha value is -5.61. The van der Waals surface area contributed by atoms with Gasteiger partial charge >= 0.3 is 0 Å². The molecule has 2 aromatic carbocycles. The fourth-order valence-corrected chi connectivity index (χ4v) is 15.3. The van der Waals surface area contributed by atoms with Crippen LogP contribution in [-0.4, -0.2) is 224 Å². The maximum atomic E-state index is 14.9. The number of Topliss-reactive ketones (excluding diaryl/α,β-unsaturated/α-hetero) is 1. The third-order valence-electron chi connectivity index (χ3n) is 14.9. The molecule has 21 nitrogen and oxygen atoms in total. The van der Waals surface area contributed by atoms with E-state index in [4.69, 9.17) is 29.4 Å². The number of nitrogens with one attached hydrogen (secondary N) is 2. The quantitative estimate of drug-likeness (QED) is 0.140. The van der Waals surface area contributed by atoms with Crippen molar-refractivity contribution in [1.82, 2.24) is 59.9 Å². The van der Waals surface area contributed by atoms with E-state index in [1.807, 2.05) is 46.2 Å². The minimum Gasteiger partial charge on any atom is -0.378 e. The number of nitrogens with zero attached hydrogens (tertiary/aromatic N) is 12. The first kappa shape index (κ1) is 51.2. The second-order valence-electron chi connectivity index (χ2n) is 20.3. The number of ether oxygens (including phenoxy) is 2. The highest BCUT2D eigenvalue weighted by Crippen LogP contribution is 2.39. The first-order valence-electron chi connectivity index (χ1n) is 25.7. The van der Waals surface area contributed by atoms with Crippen LogP contribution < -0.4 is 9.80 Å². The Labute approximate surface area is 448 Å². The number of fused-ring (bicyclic) bond motifs is 4. The van der Waals surface area contributed by atoms with Crippen molar-refractivity contribution < 1.29 is 31.1 Å². The third kappa shape index (κ3) is 11.0. The zero-order valence-electron chi connectivity index (χ0n) is 42.4. The van der Waals surface area contributed by atoms with Gasteiger partial charge in [-0.1, -0.05) is 24.3 Å². The predicted molar refractivity (Wildman–Crippen MR) is 297 cm³/mol. The van der Waals surface area contributed by atoms with Crippen LogP contribution in [0.2, 0.25) is 0 Å². The minimum atomic E-state index is -3.64. The van der Waals surface area contributed by atoms with Gasteiger partial charge in [-0.15, -0.1) is 22.7 Å². The predicted octanol–water partition coefficient (Wildman–Crippen LogP) is 3.79. The molecule has 4 saturated heterocycles. The first-order chi connectivity index (χ1) is 36.8. The van der Waals surface area contributed by atoms with Crippen LogP contribution in [0.1, 0.15) is 9.75 Å². The van der Waals surface area contributed by atoms with Crippen LogP contribution in [0.3, 0.4) is 0 Å². The molecule has 25 heteroatoms. The summed E-state index contributed by atoms with van der Waals surface area (Å²) in [6.07, 6.45) is 5.90. The molecule has 4 aliphatic rings. The van der Waals surface area contributed by atoms with E-state index in [1.165, 1.54) is 0 Å². The summed E-state index contributed by atoms with van der Waals surface area (Å²) in [7, 11) is -7.28. The fraction of sp³-hybridized carbons (Fsp3) is 0.471. The summed E-state index contributed by atoms with van der Waals surface area (Å²) >= 11 is 3.36. The Balaban J connectivity index is 0.737. The van der Waals surface area contributed by atoms with E-state index in [-0.39, 0.29) is 17.3 Å². The average molecular weight is 1110 g/mol. The van der Waals surface area contributed by atoms with Crippen molar-refractivity contribution in [2.24, 2.45) is 0 Å². The normalized spacial score (nSPS) is 19.1. The summed E-state index contributed by atoms with van der Waals surface area (Å²) in [6, 6.07) is 14.2. The number of rotatable bonds is 16. The molecule has 400 valence electrons. The molecule has 4 aliphatic heterocycles. The number of H-pyrrole nitrogens is 2. The van der Waals surface area contributed by atoms with Gasteiger partial charge in [0.1, 0.15) is 19.7 Å². The molecule has 8 aromatic rings. The van der Waals surface area contributed by atoms with E-state index in [2.05, 4.69) is 52.1 Å². The summed E-state index contributed by atoms with van der Waals surface area (Å²) in [6.45, 7) is 10.8. The van der Waals surface area contributed by atoms with Gasteiger partial charge in [0.05, 0.1) is 93.9 Å². The number of ketones is 1. The largest absolute Gasteiger partial charge is 0.378 e. The highest BCUT2D eigenvalue weighted by molar-refractivity contribution is 7.91. The van der Waals surface area contributed by atoms with E-state index in [9.17, 15) is 21.6 Å². The lowest BCUT2D eigenvalue weighted by molar-refractivity contribution is -0.129. The second-order valence-corrected chi connectivity index (χ2v) is 27.0. The molecule has 2 N–H and O–H groups in total. The monoisotopic (exact) mass is 1110 g/mol. The molecule has 12 rings (SSSR count). The van der Waals surface area contributed by atoms with Crippen molar-refractivity contribution in [3.8, 4) is 22.8 Å². The molecule has 10 heterocycles. The third-order valence-corrected chi connectivity index (χ3v) is 19.0. The van der Waals surface area contributed by atoms with Crippen LogP contribution in [-0.2, 0) is 47.0 Å². The van der Waals surface area contributed by atoms with Crippen LogP contribution in [0.4, 0.5) is 11.6 Å². The number of hydrogen-bond donors (Lipinski definition) is 2. The number of sulfone groups is 2. The van der Waals surface area contributed by atoms with Gasteiger partial charge in [0.15, 0.2) is 29.1 Å². The summed E-state index contributed by atoms with van der Waals surface area (Å²) in [5.74, 6) is 1.90. The van der Waals surface area contributed by atoms with Gasteiger partial charge in [0.25, 0.3) is 0 Å². The average Bonchev–Trinajstić information content (AvgIpc) is 4.29. The van der Waals surface area contributed by atoms with Gasteiger partial charge in [0.2, 0.25) is 0 Å². The molecule has 0 aliphatic carbocycles. The van der Waals surface area contributed by atoms with Crippen LogP contribution in [0.5, 0.6) is 0 Å². The van der Waals surface area contributed by atoms with Crippen molar-refractivity contribution in [1.29, 1.82) is 0 Å². The number of benzene rings is 2. The molecule has 0 bridgehead atoms. The number of carbonyl (C=O) groups excluding carboxylic acids is 1. The zero-order valence-corrected chi connectivity index (χ0v) is 45.7. The van der Waals surface area contributed by atoms with Crippen LogP contribution in [0, 0.1) is 0 Å². The Morgan fingerprint density at radius 2 is 0.987 bits per heavy atom. The lowest BCUT2D eigenvalue weighted by Gasteiger charge is -2.42. The fourth-order valence-electron chi connectivity index (χ4n) is 11.1. The number of aromatic amines is 2. The molecule has 0 saturated carbocycles. The van der Waals surface area contributed by atoms with Gasteiger partial charge in [-0.2, -0.15) is 10.2 Å². The van der Waals surface area contributed by atoms with Gasteiger partial charge < -0.3 is 19.3 Å². The molecule has 2 atom stereocenters. The Morgan fingerprint density at radius 1 is 0.579 bits per heavy atom. The number of aromatic nitrogens is 8. The first-order valence-corrected chi connectivity index (χ1v) is 31.5. The van der Waals surface area contributed by atoms with Gasteiger partial charge in [-0.25, -0.2) is 36.8 Å². The van der Waals surface area contributed by atoms with Crippen LogP contribution in [0.15, 0.2) is 60.9 Å². The minimum absolute atomic E-state index is 0.362. The summed E-state index contributed by atoms with van der Waals surface area (Å²) in [5.41, 5.74) is 5.36. The van der Waals surface area contributed by atoms with Gasteiger partial charge in [0, 0.05) is 136 Å². The molecule has 76 heavy (non-hydrogen) atoms. The van der Waals surface area contributed by atoms with Gasteiger partial charge in [-0.05, 0) is 24.3 Å². The number of carbonyl (C=O) groups is 1. The standard InChI is InChI=1S/C51H60N14O7S4/c1-75(67,68)31-43(62-13-9-60(10-14-62)29-33-25-41-46(73-33)50(64-17-21-71-22-18-64)56-48(54-41)35-5-3-7-39-37(35)27-52-58-39)45(66)44(32-76(2,69)70)63-15-11-61(12-16-63)30-34-26-42-47(74-34)51(65-19-23-72-24-20-65)57-49(55-42)36-6-4-8-40-38(36)28-53-59-40/h3-8,25-28,43-44H,9-24,29-32H2,1-2H3,(H,52,58)(H,53,59). The Bertz CT molecular complexity index is 3410. The lowest BCUT2D eigenvalue weighted by atomic mass is 10.0. The van der Waals surface area contributed by atoms with Crippen molar-refractivity contribution in [2.45, 2.75) is 25.2 Å². The van der Waals surface area contributed by atoms with E-state index in [0.29, 0.717) is 104 Å². The topological polar surface area (TPSA) is 232 Å². The Kier molecular flexibility index (Phi) is 14.4. The van der Waals surface area contributed by atoms with Crippen molar-refractivity contribution in [2.75, 3.05) is 139 Å². The smallest absolute Gasteiger partial charge is 0.169 e. The van der Waals surface area contributed by atoms with E-state index in [0.717, 1.165) is 113 Å². The van der Waals surface area contributed by atoms with E-state index < -0.39 is 31.8 Å². The van der Waals surface area contributed by atoms with Gasteiger partial charge in [-0.3, -0.25) is 34.6 Å². The zero-order chi connectivity index (χ0) is 52.1. The van der Waals surface area contributed by atoms with Crippen molar-refractivity contribution in [3.63, 3.8) is 0 Å². The Morgan fingerprint density at radius 3 is 1.38 bits per heavy atom. The molecule has 4 fully saturated rings. The van der Waals surface area contributed by atoms with E-state index in [1.54, 1.807) is 35.1 Å². The maximum Gasteiger partial charge on any atom is 0.169 e. The van der Waals surface area contributed by atoms with Crippen molar-refractivity contribution in [3.05, 3.63) is 70.7 Å². The number of morpholine rings is 2. The molecule has 2 unspecified atom stereocenters. The molecular formula is C51H60N14O7S4. The highest BCUT2D eigenvalue weighted by atomic mass is 32.2. The number of thiophene rings is 2. The molecular weight excluding hydrogens is 1050 g/mol.